The van der Waals surface area contributed by atoms with E-state index in [1.807, 2.05) is 0 Å². The fraction of sp³-hybridized carbons (Fsp3) is 0.950. The van der Waals surface area contributed by atoms with Crippen molar-refractivity contribution in [3.63, 3.8) is 0 Å². The Morgan fingerprint density at radius 3 is 2.17 bits per heavy atom. The second kappa shape index (κ2) is 10.7. The van der Waals surface area contributed by atoms with Crippen LogP contribution >= 0.6 is 0 Å². The number of hydrogen-bond acceptors (Lipinski definition) is 14. The third kappa shape index (κ3) is 5.33. The van der Waals surface area contributed by atoms with Crippen molar-refractivity contribution in [1.29, 1.82) is 0 Å². The molecule has 3 rings (SSSR count). The number of carbonyl (C=O) groups excluding carboxylic acids is 1. The van der Waals surface area contributed by atoms with Crippen LogP contribution in [0.15, 0.2) is 0 Å². The summed E-state index contributed by atoms with van der Waals surface area (Å²) in [6, 6.07) is 0. The van der Waals surface area contributed by atoms with Gasteiger partial charge in [0, 0.05) is 13.3 Å². The number of aliphatic hydroxyl groups is 9. The second-order valence-electron chi connectivity index (χ2n) is 9.34. The van der Waals surface area contributed by atoms with E-state index < -0.39 is 111 Å². The minimum absolute atomic E-state index is 0.577. The van der Waals surface area contributed by atoms with E-state index in [2.05, 4.69) is 5.32 Å². The summed E-state index contributed by atoms with van der Waals surface area (Å²) in [7, 11) is 0. The van der Waals surface area contributed by atoms with Crippen LogP contribution in [0, 0.1) is 0 Å². The molecule has 204 valence electrons. The minimum Gasteiger partial charge on any atom is -0.394 e. The molecule has 15 heteroatoms. The van der Waals surface area contributed by atoms with Gasteiger partial charge in [0.05, 0.1) is 25.9 Å². The Bertz CT molecular complexity index is 745. The predicted octanol–water partition coefficient (Wildman–Crippen LogP) is -5.98. The standard InChI is InChI=1S/C20H35NO14/c1-7-12(25)13(26)14(27)18(33-7)19(30)3-11(34-10(5-23)16(19)28)35-15-9(4-22)32-6-20(31,17(15)29)21-8(2)24/h7,9-18,22-23,25-31H,3-6H2,1-2H3,(H,21,24)/t7-,9-,10-,11+,12+,13+,14-,15-,16+,17+,18?,19-,20+/m1/s1. The molecule has 1 unspecified atom stereocenters. The molecular weight excluding hydrogens is 478 g/mol. The summed E-state index contributed by atoms with van der Waals surface area (Å²) in [6.45, 7) is 0.400. The van der Waals surface area contributed by atoms with Gasteiger partial charge in [0.25, 0.3) is 0 Å². The van der Waals surface area contributed by atoms with Gasteiger partial charge < -0.3 is 70.2 Å². The van der Waals surface area contributed by atoms with Crippen molar-refractivity contribution in [3.05, 3.63) is 0 Å². The van der Waals surface area contributed by atoms with Gasteiger partial charge >= 0.3 is 0 Å². The Kier molecular flexibility index (Phi) is 8.76. The SMILES string of the molecule is CC(=O)N[C@]1(O)CO[C@H](CO)[C@@H](O[C@H]2C[C@](O)(C3O[C@H](C)[C@H](O)[C@H](O)[C@H]3O)[C@@H](O)[C@@H](CO)O2)[C@@H]1O. The predicted molar refractivity (Wildman–Crippen MR) is 110 cm³/mol. The van der Waals surface area contributed by atoms with E-state index in [0.717, 1.165) is 6.92 Å². The Hall–Kier alpha value is -1.05. The molecule has 10 N–H and O–H groups in total. The first-order valence-corrected chi connectivity index (χ1v) is 11.2. The Morgan fingerprint density at radius 1 is 0.971 bits per heavy atom. The highest BCUT2D eigenvalue weighted by Crippen LogP contribution is 2.40. The van der Waals surface area contributed by atoms with Gasteiger partial charge in [0.2, 0.25) is 5.91 Å². The van der Waals surface area contributed by atoms with Crippen LogP contribution < -0.4 is 5.32 Å². The Balaban J connectivity index is 1.87. The van der Waals surface area contributed by atoms with Crippen molar-refractivity contribution in [2.24, 2.45) is 0 Å². The molecule has 0 spiro atoms. The lowest BCUT2D eigenvalue weighted by Gasteiger charge is -2.53. The van der Waals surface area contributed by atoms with E-state index in [-0.39, 0.29) is 0 Å². The number of aliphatic hydroxyl groups excluding tert-OH is 7. The van der Waals surface area contributed by atoms with Gasteiger partial charge in [-0.3, -0.25) is 4.79 Å². The molecule has 0 aromatic carbocycles. The monoisotopic (exact) mass is 513 g/mol. The summed E-state index contributed by atoms with van der Waals surface area (Å²) in [6.07, 6.45) is -17.9. The second-order valence-corrected chi connectivity index (χ2v) is 9.34. The lowest BCUT2D eigenvalue weighted by molar-refractivity contribution is -0.358. The van der Waals surface area contributed by atoms with Gasteiger partial charge in [-0.25, -0.2) is 0 Å². The molecule has 0 saturated carbocycles. The van der Waals surface area contributed by atoms with Gasteiger partial charge in [0.1, 0.15) is 60.5 Å². The third-order valence-electron chi connectivity index (χ3n) is 6.78. The zero-order chi connectivity index (χ0) is 26.3. The first-order chi connectivity index (χ1) is 16.3. The highest BCUT2D eigenvalue weighted by atomic mass is 16.7. The van der Waals surface area contributed by atoms with Crippen LogP contribution in [0.1, 0.15) is 20.3 Å². The average molecular weight is 513 g/mol. The van der Waals surface area contributed by atoms with Gasteiger partial charge in [-0.15, -0.1) is 0 Å². The summed E-state index contributed by atoms with van der Waals surface area (Å²) in [5, 5.41) is 95.7. The maximum Gasteiger partial charge on any atom is 0.219 e. The molecule has 0 aromatic rings. The summed E-state index contributed by atoms with van der Waals surface area (Å²) in [4.78, 5) is 11.5. The van der Waals surface area contributed by atoms with Crippen molar-refractivity contribution in [3.8, 4) is 0 Å². The molecule has 15 nitrogen and oxygen atoms in total. The highest BCUT2D eigenvalue weighted by Gasteiger charge is 2.60. The highest BCUT2D eigenvalue weighted by molar-refractivity contribution is 5.73. The molecule has 0 aromatic heterocycles. The van der Waals surface area contributed by atoms with Crippen molar-refractivity contribution < 1.29 is 69.7 Å². The van der Waals surface area contributed by atoms with Gasteiger partial charge in [0.15, 0.2) is 12.0 Å². The maximum absolute atomic E-state index is 11.5. The van der Waals surface area contributed by atoms with Crippen molar-refractivity contribution in [1.82, 2.24) is 5.32 Å². The summed E-state index contributed by atoms with van der Waals surface area (Å²) < 4.78 is 22.0. The molecule has 0 aliphatic carbocycles. The first kappa shape index (κ1) is 28.5. The Morgan fingerprint density at radius 2 is 1.60 bits per heavy atom. The molecular formula is C20H35NO14. The summed E-state index contributed by atoms with van der Waals surface area (Å²) >= 11 is 0. The van der Waals surface area contributed by atoms with E-state index in [4.69, 9.17) is 18.9 Å². The van der Waals surface area contributed by atoms with E-state index in [1.165, 1.54) is 6.92 Å². The van der Waals surface area contributed by atoms with Crippen LogP contribution in [0.2, 0.25) is 0 Å². The number of rotatable bonds is 6. The number of nitrogens with one attached hydrogen (secondary N) is 1. The quantitative estimate of drug-likeness (QED) is 0.149. The van der Waals surface area contributed by atoms with Crippen LogP contribution in [0.25, 0.3) is 0 Å². The lowest BCUT2D eigenvalue weighted by Crippen LogP contribution is -2.73. The largest absolute Gasteiger partial charge is 0.394 e. The van der Waals surface area contributed by atoms with E-state index in [9.17, 15) is 50.8 Å². The molecule has 13 atom stereocenters. The molecule has 1 amide bonds. The molecule has 0 radical (unpaired) electrons. The van der Waals surface area contributed by atoms with Gasteiger partial charge in [-0.05, 0) is 6.92 Å². The lowest BCUT2D eigenvalue weighted by atomic mass is 9.76. The fourth-order valence-electron chi connectivity index (χ4n) is 4.80. The van der Waals surface area contributed by atoms with Crippen LogP contribution in [-0.2, 0) is 23.7 Å². The van der Waals surface area contributed by atoms with E-state index in [1.54, 1.807) is 0 Å². The molecule has 3 aliphatic rings. The summed E-state index contributed by atoms with van der Waals surface area (Å²) in [5.74, 6) is -0.693. The molecule has 3 aliphatic heterocycles. The number of carbonyl (C=O) groups is 1. The van der Waals surface area contributed by atoms with Crippen LogP contribution in [0.3, 0.4) is 0 Å². The van der Waals surface area contributed by atoms with Crippen molar-refractivity contribution >= 4 is 5.91 Å². The van der Waals surface area contributed by atoms with E-state index >= 15 is 0 Å². The topological polar surface area (TPSA) is 248 Å². The van der Waals surface area contributed by atoms with Crippen molar-refractivity contribution in [2.75, 3.05) is 19.8 Å². The summed E-state index contributed by atoms with van der Waals surface area (Å²) in [5.41, 5.74) is -4.68. The van der Waals surface area contributed by atoms with Gasteiger partial charge in [-0.2, -0.15) is 0 Å². The molecule has 3 saturated heterocycles. The Labute approximate surface area is 200 Å². The smallest absolute Gasteiger partial charge is 0.219 e. The van der Waals surface area contributed by atoms with Crippen LogP contribution in [0.4, 0.5) is 0 Å². The van der Waals surface area contributed by atoms with Gasteiger partial charge in [-0.1, -0.05) is 0 Å². The third-order valence-corrected chi connectivity index (χ3v) is 6.78. The maximum atomic E-state index is 11.5. The minimum atomic E-state index is -2.39. The molecule has 3 heterocycles. The zero-order valence-corrected chi connectivity index (χ0v) is 19.2. The number of hydrogen-bond donors (Lipinski definition) is 10. The molecule has 35 heavy (non-hydrogen) atoms. The van der Waals surface area contributed by atoms with Crippen LogP contribution in [-0.4, -0.2) is 150 Å². The van der Waals surface area contributed by atoms with E-state index in [0.29, 0.717) is 0 Å². The fourth-order valence-corrected chi connectivity index (χ4v) is 4.80. The zero-order valence-electron chi connectivity index (χ0n) is 19.2. The van der Waals surface area contributed by atoms with Crippen LogP contribution in [0.5, 0.6) is 0 Å². The molecule has 3 fully saturated rings. The normalized spacial score (nSPS) is 51.1. The number of amides is 1. The average Bonchev–Trinajstić information content (AvgIpc) is 2.80. The molecule has 0 bridgehead atoms. The van der Waals surface area contributed by atoms with Crippen molar-refractivity contribution in [2.45, 2.75) is 98.9 Å². The first-order valence-electron chi connectivity index (χ1n) is 11.2. The number of ether oxygens (including phenoxy) is 4.